The topological polar surface area (TPSA) is 92.5 Å². The van der Waals surface area contributed by atoms with E-state index in [1.165, 1.54) is 32.0 Å². The zero-order chi connectivity index (χ0) is 14.5. The van der Waals surface area contributed by atoms with Crippen LogP contribution < -0.4 is 5.32 Å². The fourth-order valence-electron chi connectivity index (χ4n) is 2.97. The van der Waals surface area contributed by atoms with Crippen molar-refractivity contribution in [3.8, 4) is 11.6 Å². The van der Waals surface area contributed by atoms with Gasteiger partial charge in [0, 0.05) is 6.04 Å². The highest BCUT2D eigenvalue weighted by atomic mass is 16.5. The third-order valence-corrected chi connectivity index (χ3v) is 4.06. The maximum atomic E-state index is 5.50. The highest BCUT2D eigenvalue weighted by molar-refractivity contribution is 5.39. The third-order valence-electron chi connectivity index (χ3n) is 4.06. The van der Waals surface area contributed by atoms with Crippen LogP contribution in [0.2, 0.25) is 0 Å². The van der Waals surface area contributed by atoms with Gasteiger partial charge in [-0.25, -0.2) is 4.98 Å². The average molecular weight is 290 g/mol. The van der Waals surface area contributed by atoms with Crippen LogP contribution in [0.25, 0.3) is 11.6 Å². The summed E-state index contributed by atoms with van der Waals surface area (Å²) in [5, 5.41) is 14.3. The van der Waals surface area contributed by atoms with Crippen molar-refractivity contribution in [2.75, 3.05) is 6.54 Å². The minimum atomic E-state index is 0.295. The summed E-state index contributed by atoms with van der Waals surface area (Å²) in [7, 11) is 0. The molecule has 0 radical (unpaired) electrons. The zero-order valence-corrected chi connectivity index (χ0v) is 12.4. The highest BCUT2D eigenvalue weighted by Crippen LogP contribution is 2.31. The Labute approximate surface area is 123 Å². The number of aromatic nitrogens is 5. The van der Waals surface area contributed by atoms with Crippen LogP contribution in [-0.2, 0) is 0 Å². The molecule has 2 aromatic heterocycles. The van der Waals surface area contributed by atoms with Crippen molar-refractivity contribution in [1.29, 1.82) is 0 Å². The summed E-state index contributed by atoms with van der Waals surface area (Å²) in [6.45, 7) is 3.22. The minimum Gasteiger partial charge on any atom is -0.338 e. The average Bonchev–Trinajstić information content (AvgIpc) is 3.13. The van der Waals surface area contributed by atoms with Gasteiger partial charge in [0.25, 0.3) is 0 Å². The Hall–Kier alpha value is -1.76. The van der Waals surface area contributed by atoms with Crippen molar-refractivity contribution >= 4 is 0 Å². The van der Waals surface area contributed by atoms with Crippen molar-refractivity contribution in [3.05, 3.63) is 12.2 Å². The molecule has 3 rings (SSSR count). The van der Waals surface area contributed by atoms with Crippen LogP contribution in [0.3, 0.4) is 0 Å². The maximum Gasteiger partial charge on any atom is 0.239 e. The standard InChI is InChI=1S/C14H22N6O/c1-2-8-15-11-7-5-3-4-6-10(11)14-18-13(20-21-14)12-16-9-17-19-12/h9-11,15H,2-8H2,1H3,(H,16,17,19). The molecule has 21 heavy (non-hydrogen) atoms. The Morgan fingerprint density at radius 1 is 1.33 bits per heavy atom. The Bertz CT molecular complexity index is 537. The van der Waals surface area contributed by atoms with Crippen molar-refractivity contribution in [1.82, 2.24) is 30.6 Å². The van der Waals surface area contributed by atoms with E-state index in [1.54, 1.807) is 0 Å². The first-order chi connectivity index (χ1) is 10.4. The van der Waals surface area contributed by atoms with Gasteiger partial charge in [-0.2, -0.15) is 10.1 Å². The van der Waals surface area contributed by atoms with Gasteiger partial charge in [0.05, 0.1) is 5.92 Å². The number of hydrogen-bond donors (Lipinski definition) is 2. The Morgan fingerprint density at radius 3 is 3.05 bits per heavy atom. The Morgan fingerprint density at radius 2 is 2.24 bits per heavy atom. The molecule has 0 amide bonds. The van der Waals surface area contributed by atoms with Crippen LogP contribution in [0.5, 0.6) is 0 Å². The third kappa shape index (κ3) is 3.29. The van der Waals surface area contributed by atoms with Gasteiger partial charge < -0.3 is 9.84 Å². The van der Waals surface area contributed by atoms with Gasteiger partial charge in [-0.05, 0) is 25.8 Å². The fourth-order valence-corrected chi connectivity index (χ4v) is 2.97. The first-order valence-corrected chi connectivity index (χ1v) is 7.81. The molecule has 114 valence electrons. The van der Waals surface area contributed by atoms with E-state index in [-0.39, 0.29) is 0 Å². The molecule has 0 spiro atoms. The number of aromatic amines is 1. The molecule has 0 aromatic carbocycles. The number of H-pyrrole nitrogens is 1. The molecule has 1 aliphatic carbocycles. The molecule has 2 N–H and O–H groups in total. The van der Waals surface area contributed by atoms with Gasteiger partial charge in [-0.15, -0.1) is 0 Å². The summed E-state index contributed by atoms with van der Waals surface area (Å²) in [4.78, 5) is 8.59. The van der Waals surface area contributed by atoms with E-state index in [1.807, 2.05) is 0 Å². The monoisotopic (exact) mass is 290 g/mol. The lowest BCUT2D eigenvalue weighted by Gasteiger charge is -2.23. The highest BCUT2D eigenvalue weighted by Gasteiger charge is 2.29. The molecule has 1 fully saturated rings. The van der Waals surface area contributed by atoms with Gasteiger partial charge >= 0.3 is 0 Å². The molecule has 2 heterocycles. The Balaban J connectivity index is 1.78. The van der Waals surface area contributed by atoms with Crippen molar-refractivity contribution < 1.29 is 4.52 Å². The molecule has 0 aliphatic heterocycles. The molecule has 7 nitrogen and oxygen atoms in total. The molecule has 1 saturated carbocycles. The number of nitrogens with zero attached hydrogens (tertiary/aromatic N) is 4. The first kappa shape index (κ1) is 14.2. The van der Waals surface area contributed by atoms with Crippen LogP contribution in [0.15, 0.2) is 10.9 Å². The normalized spacial score (nSPS) is 23.1. The molecular weight excluding hydrogens is 268 g/mol. The smallest absolute Gasteiger partial charge is 0.239 e. The number of nitrogens with one attached hydrogen (secondary N) is 2. The lowest BCUT2D eigenvalue weighted by molar-refractivity contribution is 0.304. The van der Waals surface area contributed by atoms with Gasteiger partial charge in [-0.3, -0.25) is 5.10 Å². The SMILES string of the molecule is CCCNC1CCCCCC1c1nc(-c2ncn[nH]2)no1. The van der Waals surface area contributed by atoms with Crippen LogP contribution in [-0.4, -0.2) is 37.9 Å². The zero-order valence-electron chi connectivity index (χ0n) is 12.4. The summed E-state index contributed by atoms with van der Waals surface area (Å²) >= 11 is 0. The van der Waals surface area contributed by atoms with Gasteiger partial charge in [0.1, 0.15) is 6.33 Å². The second-order valence-corrected chi connectivity index (χ2v) is 5.60. The van der Waals surface area contributed by atoms with E-state index < -0.39 is 0 Å². The molecule has 2 atom stereocenters. The summed E-state index contributed by atoms with van der Waals surface area (Å²) in [6.07, 6.45) is 8.61. The van der Waals surface area contributed by atoms with E-state index in [4.69, 9.17) is 4.52 Å². The van der Waals surface area contributed by atoms with E-state index in [0.717, 1.165) is 25.3 Å². The molecule has 0 bridgehead atoms. The maximum absolute atomic E-state index is 5.50. The van der Waals surface area contributed by atoms with Crippen LogP contribution in [0.4, 0.5) is 0 Å². The molecule has 2 unspecified atom stereocenters. The summed E-state index contributed by atoms with van der Waals surface area (Å²) in [5.74, 6) is 2.05. The molecule has 7 heteroatoms. The summed E-state index contributed by atoms with van der Waals surface area (Å²) in [5.41, 5.74) is 0. The predicted octanol–water partition coefficient (Wildman–Crippen LogP) is 2.27. The lowest BCUT2D eigenvalue weighted by Crippen LogP contribution is -2.35. The van der Waals surface area contributed by atoms with E-state index in [9.17, 15) is 0 Å². The first-order valence-electron chi connectivity index (χ1n) is 7.81. The molecular formula is C14H22N6O. The van der Waals surface area contributed by atoms with Crippen molar-refractivity contribution in [3.63, 3.8) is 0 Å². The second-order valence-electron chi connectivity index (χ2n) is 5.60. The number of rotatable bonds is 5. The summed E-state index contributed by atoms with van der Waals surface area (Å²) < 4.78 is 5.50. The van der Waals surface area contributed by atoms with E-state index in [0.29, 0.717) is 23.6 Å². The number of hydrogen-bond acceptors (Lipinski definition) is 6. The van der Waals surface area contributed by atoms with Gasteiger partial charge in [0.2, 0.25) is 11.7 Å². The largest absolute Gasteiger partial charge is 0.338 e. The lowest BCUT2D eigenvalue weighted by atomic mass is 9.94. The van der Waals surface area contributed by atoms with Crippen molar-refractivity contribution in [2.45, 2.75) is 57.4 Å². The van der Waals surface area contributed by atoms with Crippen LogP contribution in [0.1, 0.15) is 57.3 Å². The van der Waals surface area contributed by atoms with Crippen LogP contribution in [0, 0.1) is 0 Å². The minimum absolute atomic E-state index is 0.295. The quantitative estimate of drug-likeness (QED) is 0.821. The molecule has 1 aliphatic rings. The van der Waals surface area contributed by atoms with Gasteiger partial charge in [0.15, 0.2) is 5.82 Å². The van der Waals surface area contributed by atoms with E-state index >= 15 is 0 Å². The fraction of sp³-hybridized carbons (Fsp3) is 0.714. The molecule has 2 aromatic rings. The van der Waals surface area contributed by atoms with Crippen LogP contribution >= 0.6 is 0 Å². The second kappa shape index (κ2) is 6.80. The van der Waals surface area contributed by atoms with Crippen molar-refractivity contribution in [2.24, 2.45) is 0 Å². The molecule has 0 saturated heterocycles. The predicted molar refractivity (Wildman–Crippen MR) is 77.6 cm³/mol. The Kier molecular flexibility index (Phi) is 4.59. The van der Waals surface area contributed by atoms with Gasteiger partial charge in [-0.1, -0.05) is 31.3 Å². The summed E-state index contributed by atoms with van der Waals surface area (Å²) in [6, 6.07) is 0.426. The van der Waals surface area contributed by atoms with E-state index in [2.05, 4.69) is 37.6 Å².